The van der Waals surface area contributed by atoms with Gasteiger partial charge in [-0.2, -0.15) is 0 Å². The summed E-state index contributed by atoms with van der Waals surface area (Å²) in [4.78, 5) is 18.1. The van der Waals surface area contributed by atoms with E-state index in [4.69, 9.17) is 4.74 Å². The first-order valence-corrected chi connectivity index (χ1v) is 9.67. The summed E-state index contributed by atoms with van der Waals surface area (Å²) < 4.78 is 5.40. The number of rotatable bonds is 4. The van der Waals surface area contributed by atoms with Crippen molar-refractivity contribution in [1.82, 2.24) is 24.8 Å². The quantitative estimate of drug-likeness (QED) is 0.571. The standard InChI is InChI=1S/C22H23N5O/c1-15-24-21-18(6-7-23-22(21)25-15)20-14-17-5-4-16(13-19(17)26-20)3-2-8-27-9-11-28-12-10-27/h2-7,13-14,26H,8-12H2,1H3,(H,23,24,25)/b3-2+. The average Bonchev–Trinajstić information content (AvgIpc) is 3.30. The number of morpholine rings is 1. The number of pyridine rings is 1. The zero-order valence-corrected chi connectivity index (χ0v) is 15.9. The van der Waals surface area contributed by atoms with E-state index in [1.165, 1.54) is 10.9 Å². The number of aromatic amines is 2. The molecule has 1 saturated heterocycles. The molecule has 3 aromatic heterocycles. The second-order valence-corrected chi connectivity index (χ2v) is 7.22. The van der Waals surface area contributed by atoms with Crippen molar-refractivity contribution < 1.29 is 4.74 Å². The van der Waals surface area contributed by atoms with Gasteiger partial charge in [-0.1, -0.05) is 24.3 Å². The van der Waals surface area contributed by atoms with Crippen molar-refractivity contribution in [2.45, 2.75) is 6.92 Å². The maximum atomic E-state index is 5.40. The molecule has 5 rings (SSSR count). The Morgan fingerprint density at radius 3 is 2.93 bits per heavy atom. The highest BCUT2D eigenvalue weighted by molar-refractivity contribution is 5.94. The van der Waals surface area contributed by atoms with Crippen molar-refractivity contribution in [2.75, 3.05) is 32.8 Å². The Balaban J connectivity index is 1.42. The Kier molecular flexibility index (Phi) is 4.43. The van der Waals surface area contributed by atoms with Crippen LogP contribution in [0.25, 0.3) is 39.4 Å². The fourth-order valence-corrected chi connectivity index (χ4v) is 3.76. The zero-order chi connectivity index (χ0) is 18.9. The van der Waals surface area contributed by atoms with E-state index < -0.39 is 0 Å². The van der Waals surface area contributed by atoms with Crippen LogP contribution in [0.5, 0.6) is 0 Å². The molecule has 6 nitrogen and oxygen atoms in total. The van der Waals surface area contributed by atoms with Crippen LogP contribution in [0.15, 0.2) is 42.6 Å². The number of H-pyrrole nitrogens is 2. The molecule has 0 saturated carbocycles. The van der Waals surface area contributed by atoms with Gasteiger partial charge in [0, 0.05) is 48.0 Å². The molecule has 0 aliphatic carbocycles. The Morgan fingerprint density at radius 2 is 2.04 bits per heavy atom. The lowest BCUT2D eigenvalue weighted by atomic mass is 10.1. The molecule has 0 bridgehead atoms. The van der Waals surface area contributed by atoms with Crippen LogP contribution in [0.3, 0.4) is 0 Å². The molecule has 0 radical (unpaired) electrons. The van der Waals surface area contributed by atoms with Gasteiger partial charge >= 0.3 is 0 Å². The van der Waals surface area contributed by atoms with E-state index in [1.807, 2.05) is 19.2 Å². The lowest BCUT2D eigenvalue weighted by molar-refractivity contribution is 0.0435. The predicted molar refractivity (Wildman–Crippen MR) is 112 cm³/mol. The van der Waals surface area contributed by atoms with E-state index in [0.29, 0.717) is 0 Å². The fraction of sp³-hybridized carbons (Fsp3) is 0.273. The number of aromatic nitrogens is 4. The number of nitrogens with zero attached hydrogens (tertiary/aromatic N) is 3. The number of ether oxygens (including phenoxy) is 1. The van der Waals surface area contributed by atoms with Gasteiger partial charge in [0.05, 0.1) is 13.2 Å². The molecule has 0 amide bonds. The van der Waals surface area contributed by atoms with Crippen LogP contribution in [0.2, 0.25) is 0 Å². The zero-order valence-electron chi connectivity index (χ0n) is 15.9. The van der Waals surface area contributed by atoms with Crippen LogP contribution in [0.4, 0.5) is 0 Å². The second-order valence-electron chi connectivity index (χ2n) is 7.22. The molecule has 0 atom stereocenters. The lowest BCUT2D eigenvalue weighted by Crippen LogP contribution is -2.36. The number of aryl methyl sites for hydroxylation is 1. The molecular weight excluding hydrogens is 350 g/mol. The molecule has 28 heavy (non-hydrogen) atoms. The number of benzene rings is 1. The summed E-state index contributed by atoms with van der Waals surface area (Å²) in [6.07, 6.45) is 6.24. The van der Waals surface area contributed by atoms with E-state index in [0.717, 1.165) is 66.6 Å². The third-order valence-corrected chi connectivity index (χ3v) is 5.22. The molecular formula is C22H23N5O. The van der Waals surface area contributed by atoms with Crippen LogP contribution in [-0.4, -0.2) is 57.7 Å². The number of fused-ring (bicyclic) bond motifs is 2. The van der Waals surface area contributed by atoms with Crippen molar-refractivity contribution in [3.63, 3.8) is 0 Å². The van der Waals surface area contributed by atoms with E-state index in [-0.39, 0.29) is 0 Å². The lowest BCUT2D eigenvalue weighted by Gasteiger charge is -2.25. The molecule has 1 aliphatic rings. The summed E-state index contributed by atoms with van der Waals surface area (Å²) in [7, 11) is 0. The fourth-order valence-electron chi connectivity index (χ4n) is 3.76. The molecule has 0 spiro atoms. The highest BCUT2D eigenvalue weighted by Crippen LogP contribution is 2.29. The molecule has 4 heterocycles. The summed E-state index contributed by atoms with van der Waals surface area (Å²) in [5, 5.41) is 1.19. The first-order chi connectivity index (χ1) is 13.8. The van der Waals surface area contributed by atoms with Gasteiger partial charge in [-0.15, -0.1) is 0 Å². The Labute approximate surface area is 163 Å². The van der Waals surface area contributed by atoms with Crippen molar-refractivity contribution >= 4 is 28.1 Å². The first-order valence-electron chi connectivity index (χ1n) is 9.67. The van der Waals surface area contributed by atoms with Gasteiger partial charge in [0.15, 0.2) is 5.65 Å². The van der Waals surface area contributed by atoms with Gasteiger partial charge in [-0.05, 0) is 30.7 Å². The second kappa shape index (κ2) is 7.22. The van der Waals surface area contributed by atoms with Gasteiger partial charge < -0.3 is 14.7 Å². The number of nitrogens with one attached hydrogen (secondary N) is 2. The number of imidazole rings is 1. The van der Waals surface area contributed by atoms with Crippen LogP contribution in [0.1, 0.15) is 11.4 Å². The molecule has 1 aromatic carbocycles. The van der Waals surface area contributed by atoms with Gasteiger partial charge in [-0.3, -0.25) is 4.90 Å². The molecule has 6 heteroatoms. The van der Waals surface area contributed by atoms with E-state index in [1.54, 1.807) is 0 Å². The Hall–Kier alpha value is -2.96. The van der Waals surface area contributed by atoms with Crippen molar-refractivity contribution in [3.05, 3.63) is 54.0 Å². The molecule has 4 aromatic rings. The predicted octanol–water partition coefficient (Wildman–Crippen LogP) is 3.76. The molecule has 142 valence electrons. The van der Waals surface area contributed by atoms with E-state index in [9.17, 15) is 0 Å². The minimum absolute atomic E-state index is 0.820. The van der Waals surface area contributed by atoms with Crippen molar-refractivity contribution in [1.29, 1.82) is 0 Å². The largest absolute Gasteiger partial charge is 0.379 e. The van der Waals surface area contributed by atoms with Crippen LogP contribution in [0, 0.1) is 6.92 Å². The third kappa shape index (κ3) is 3.32. The third-order valence-electron chi connectivity index (χ3n) is 5.22. The monoisotopic (exact) mass is 373 g/mol. The molecule has 0 unspecified atom stereocenters. The average molecular weight is 373 g/mol. The van der Waals surface area contributed by atoms with Crippen LogP contribution < -0.4 is 0 Å². The van der Waals surface area contributed by atoms with Gasteiger partial charge in [0.25, 0.3) is 0 Å². The highest BCUT2D eigenvalue weighted by atomic mass is 16.5. The minimum Gasteiger partial charge on any atom is -0.379 e. The smallest absolute Gasteiger partial charge is 0.158 e. The van der Waals surface area contributed by atoms with Crippen LogP contribution >= 0.6 is 0 Å². The summed E-state index contributed by atoms with van der Waals surface area (Å²) in [6.45, 7) is 6.61. The highest BCUT2D eigenvalue weighted by Gasteiger charge is 2.11. The normalized spacial score (nSPS) is 15.9. The van der Waals surface area contributed by atoms with Gasteiger partial charge in [0.2, 0.25) is 0 Å². The van der Waals surface area contributed by atoms with Crippen molar-refractivity contribution in [3.8, 4) is 11.3 Å². The number of hydrogen-bond acceptors (Lipinski definition) is 4. The van der Waals surface area contributed by atoms with Crippen molar-refractivity contribution in [2.24, 2.45) is 0 Å². The molecule has 2 N–H and O–H groups in total. The number of hydrogen-bond donors (Lipinski definition) is 2. The summed E-state index contributed by atoms with van der Waals surface area (Å²) in [6, 6.07) is 10.7. The topological polar surface area (TPSA) is 69.8 Å². The van der Waals surface area contributed by atoms with E-state index >= 15 is 0 Å². The molecule has 1 fully saturated rings. The minimum atomic E-state index is 0.820. The van der Waals surface area contributed by atoms with E-state index in [2.05, 4.69) is 61.3 Å². The SMILES string of the molecule is Cc1nc2c(-c3cc4ccc(/C=C/CN5CCOCC5)cc4[nH]3)ccnc2[nH]1. The van der Waals surface area contributed by atoms with Gasteiger partial charge in [-0.25, -0.2) is 9.97 Å². The first kappa shape index (κ1) is 17.2. The Bertz CT molecular complexity index is 1150. The summed E-state index contributed by atoms with van der Waals surface area (Å²) in [5.41, 5.74) is 6.17. The molecule has 1 aliphatic heterocycles. The van der Waals surface area contributed by atoms with Crippen LogP contribution in [-0.2, 0) is 4.74 Å². The maximum absolute atomic E-state index is 5.40. The van der Waals surface area contributed by atoms with Gasteiger partial charge in [0.1, 0.15) is 11.3 Å². The summed E-state index contributed by atoms with van der Waals surface area (Å²) in [5.74, 6) is 0.874. The maximum Gasteiger partial charge on any atom is 0.158 e. The summed E-state index contributed by atoms with van der Waals surface area (Å²) >= 11 is 0. The Morgan fingerprint density at radius 1 is 1.14 bits per heavy atom.